The van der Waals surface area contributed by atoms with Gasteiger partial charge in [-0.15, -0.1) is 0 Å². The van der Waals surface area contributed by atoms with Crippen LogP contribution in [-0.4, -0.2) is 10.9 Å². The third-order valence-electron chi connectivity index (χ3n) is 4.14. The van der Waals surface area contributed by atoms with E-state index in [-0.39, 0.29) is 5.91 Å². The molecule has 1 aliphatic heterocycles. The van der Waals surface area contributed by atoms with Gasteiger partial charge in [0.25, 0.3) is 0 Å². The Hall–Kier alpha value is -1.43. The van der Waals surface area contributed by atoms with Crippen LogP contribution in [0.4, 0.5) is 5.82 Å². The SMILES string of the molecule is O=C1Nc2ncccc2C12Cc1ccc(I)cc1C2. The Morgan fingerprint density at radius 2 is 2.05 bits per heavy atom. The van der Waals surface area contributed by atoms with Crippen molar-refractivity contribution in [3.63, 3.8) is 0 Å². The maximum Gasteiger partial charge on any atom is 0.237 e. The molecule has 1 amide bonds. The molecule has 0 radical (unpaired) electrons. The lowest BCUT2D eigenvalue weighted by Crippen LogP contribution is -2.35. The van der Waals surface area contributed by atoms with Gasteiger partial charge in [0.1, 0.15) is 5.82 Å². The van der Waals surface area contributed by atoms with E-state index in [2.05, 4.69) is 51.1 Å². The Bertz CT molecular complexity index is 713. The van der Waals surface area contributed by atoms with Crippen LogP contribution in [0.2, 0.25) is 0 Å². The number of benzene rings is 1. The van der Waals surface area contributed by atoms with Gasteiger partial charge in [0.2, 0.25) is 5.91 Å². The van der Waals surface area contributed by atoms with Gasteiger partial charge in [-0.05, 0) is 64.8 Å². The first-order valence-electron chi connectivity index (χ1n) is 6.23. The predicted molar refractivity (Wildman–Crippen MR) is 81.1 cm³/mol. The lowest BCUT2D eigenvalue weighted by atomic mass is 9.79. The summed E-state index contributed by atoms with van der Waals surface area (Å²) < 4.78 is 1.22. The molecule has 2 heterocycles. The standard InChI is InChI=1S/C15H11IN2O/c16-11-4-3-9-7-15(8-10(9)6-11)12-2-1-5-17-13(12)18-14(15)19/h1-6H,7-8H2,(H,17,18,19). The highest BCUT2D eigenvalue weighted by Gasteiger charge is 2.50. The van der Waals surface area contributed by atoms with Gasteiger partial charge in [-0.3, -0.25) is 4.79 Å². The van der Waals surface area contributed by atoms with Crippen LogP contribution in [0.5, 0.6) is 0 Å². The van der Waals surface area contributed by atoms with Crippen LogP contribution < -0.4 is 5.32 Å². The van der Waals surface area contributed by atoms with Crippen molar-refractivity contribution in [2.45, 2.75) is 18.3 Å². The Morgan fingerprint density at radius 1 is 1.21 bits per heavy atom. The van der Waals surface area contributed by atoms with E-state index < -0.39 is 5.41 Å². The number of carbonyl (C=O) groups is 1. The Kier molecular flexibility index (Phi) is 2.27. The van der Waals surface area contributed by atoms with E-state index in [0.717, 1.165) is 24.2 Å². The highest BCUT2D eigenvalue weighted by Crippen LogP contribution is 2.46. The van der Waals surface area contributed by atoms with Crippen LogP contribution in [0.25, 0.3) is 0 Å². The smallest absolute Gasteiger partial charge is 0.237 e. The Balaban J connectivity index is 1.88. The summed E-state index contributed by atoms with van der Waals surface area (Å²) in [4.78, 5) is 16.7. The molecule has 1 aromatic carbocycles. The van der Waals surface area contributed by atoms with Crippen molar-refractivity contribution >= 4 is 34.3 Å². The normalized spacial score (nSPS) is 23.3. The fourth-order valence-electron chi connectivity index (χ4n) is 3.24. The fourth-order valence-corrected chi connectivity index (χ4v) is 3.79. The van der Waals surface area contributed by atoms with Crippen LogP contribution in [0.1, 0.15) is 16.7 Å². The number of hydrogen-bond acceptors (Lipinski definition) is 2. The molecule has 1 aliphatic carbocycles. The molecule has 0 bridgehead atoms. The minimum atomic E-state index is -0.434. The number of rotatable bonds is 0. The highest BCUT2D eigenvalue weighted by molar-refractivity contribution is 14.1. The first-order valence-corrected chi connectivity index (χ1v) is 7.31. The van der Waals surface area contributed by atoms with Crippen molar-refractivity contribution in [3.8, 4) is 0 Å². The Morgan fingerprint density at radius 3 is 2.95 bits per heavy atom. The van der Waals surface area contributed by atoms with E-state index in [9.17, 15) is 4.79 Å². The number of nitrogens with zero attached hydrogens (tertiary/aromatic N) is 1. The molecule has 1 unspecified atom stereocenters. The zero-order valence-electron chi connectivity index (χ0n) is 10.1. The molecule has 0 fully saturated rings. The molecular formula is C15H11IN2O. The minimum Gasteiger partial charge on any atom is -0.310 e. The largest absolute Gasteiger partial charge is 0.310 e. The summed E-state index contributed by atoms with van der Waals surface area (Å²) in [5.41, 5.74) is 3.19. The summed E-state index contributed by atoms with van der Waals surface area (Å²) >= 11 is 2.32. The van der Waals surface area contributed by atoms with Crippen LogP contribution in [0.15, 0.2) is 36.5 Å². The molecule has 4 heteroatoms. The number of pyridine rings is 1. The van der Waals surface area contributed by atoms with E-state index in [1.807, 2.05) is 12.1 Å². The van der Waals surface area contributed by atoms with E-state index in [4.69, 9.17) is 0 Å². The summed E-state index contributed by atoms with van der Waals surface area (Å²) in [5.74, 6) is 0.822. The molecule has 1 aromatic heterocycles. The van der Waals surface area contributed by atoms with Crippen molar-refractivity contribution in [2.75, 3.05) is 5.32 Å². The Labute approximate surface area is 124 Å². The maximum absolute atomic E-state index is 12.5. The molecule has 0 saturated heterocycles. The molecule has 4 rings (SSSR count). The fraction of sp³-hybridized carbons (Fsp3) is 0.200. The third kappa shape index (κ3) is 1.49. The van der Waals surface area contributed by atoms with Crippen molar-refractivity contribution in [2.24, 2.45) is 0 Å². The number of amides is 1. The molecule has 1 N–H and O–H groups in total. The molecule has 2 aromatic rings. The number of carbonyl (C=O) groups excluding carboxylic acids is 1. The summed E-state index contributed by atoms with van der Waals surface area (Å²) in [6.45, 7) is 0. The third-order valence-corrected chi connectivity index (χ3v) is 4.81. The first kappa shape index (κ1) is 11.4. The second-order valence-electron chi connectivity index (χ2n) is 5.20. The zero-order chi connectivity index (χ0) is 13.0. The summed E-state index contributed by atoms with van der Waals surface area (Å²) in [6, 6.07) is 10.4. The van der Waals surface area contributed by atoms with E-state index >= 15 is 0 Å². The van der Waals surface area contributed by atoms with Crippen LogP contribution in [0, 0.1) is 3.57 Å². The highest BCUT2D eigenvalue weighted by atomic mass is 127. The van der Waals surface area contributed by atoms with Crippen molar-refractivity contribution in [1.82, 2.24) is 4.98 Å². The second kappa shape index (κ2) is 3.79. The van der Waals surface area contributed by atoms with E-state index in [1.54, 1.807) is 6.20 Å². The number of nitrogens with one attached hydrogen (secondary N) is 1. The van der Waals surface area contributed by atoms with Gasteiger partial charge in [0.15, 0.2) is 0 Å². The summed E-state index contributed by atoms with van der Waals surface area (Å²) in [5, 5.41) is 2.93. The van der Waals surface area contributed by atoms with Crippen molar-refractivity contribution in [3.05, 3.63) is 56.8 Å². The topological polar surface area (TPSA) is 42.0 Å². The quantitative estimate of drug-likeness (QED) is 0.733. The molecule has 3 nitrogen and oxygen atoms in total. The van der Waals surface area contributed by atoms with Crippen LogP contribution in [0.3, 0.4) is 0 Å². The number of anilines is 1. The second-order valence-corrected chi connectivity index (χ2v) is 6.45. The number of hydrogen-bond donors (Lipinski definition) is 1. The minimum absolute atomic E-state index is 0.0902. The van der Waals surface area contributed by atoms with Gasteiger partial charge in [-0.1, -0.05) is 12.1 Å². The average molecular weight is 362 g/mol. The van der Waals surface area contributed by atoms with Gasteiger partial charge < -0.3 is 5.32 Å². The van der Waals surface area contributed by atoms with Crippen molar-refractivity contribution in [1.29, 1.82) is 0 Å². The maximum atomic E-state index is 12.5. The van der Waals surface area contributed by atoms with Gasteiger partial charge in [-0.2, -0.15) is 0 Å². The van der Waals surface area contributed by atoms with Gasteiger partial charge >= 0.3 is 0 Å². The molecule has 19 heavy (non-hydrogen) atoms. The van der Waals surface area contributed by atoms with E-state index in [1.165, 1.54) is 14.7 Å². The number of fused-ring (bicyclic) bond motifs is 3. The molecule has 2 aliphatic rings. The molecule has 1 atom stereocenters. The molecule has 1 spiro atoms. The predicted octanol–water partition coefficient (Wildman–Crippen LogP) is 2.67. The first-order chi connectivity index (χ1) is 9.19. The monoisotopic (exact) mass is 362 g/mol. The summed E-state index contributed by atoms with van der Waals surface area (Å²) in [6.07, 6.45) is 3.29. The zero-order valence-corrected chi connectivity index (χ0v) is 12.3. The van der Waals surface area contributed by atoms with Gasteiger partial charge in [0.05, 0.1) is 5.41 Å². The molecule has 0 saturated carbocycles. The summed E-state index contributed by atoms with van der Waals surface area (Å²) in [7, 11) is 0. The molecular weight excluding hydrogens is 351 g/mol. The lowest BCUT2D eigenvalue weighted by molar-refractivity contribution is -0.120. The lowest BCUT2D eigenvalue weighted by Gasteiger charge is -2.20. The average Bonchev–Trinajstić information content (AvgIpc) is 2.90. The number of halogens is 1. The molecule has 94 valence electrons. The van der Waals surface area contributed by atoms with Gasteiger partial charge in [0, 0.05) is 15.3 Å². The number of aromatic nitrogens is 1. The van der Waals surface area contributed by atoms with Gasteiger partial charge in [-0.25, -0.2) is 4.98 Å². The van der Waals surface area contributed by atoms with Crippen molar-refractivity contribution < 1.29 is 4.79 Å². The van der Waals surface area contributed by atoms with E-state index in [0.29, 0.717) is 0 Å². The van der Waals surface area contributed by atoms with Crippen LogP contribution >= 0.6 is 22.6 Å². The van der Waals surface area contributed by atoms with Crippen LogP contribution in [-0.2, 0) is 23.1 Å².